The Bertz CT molecular complexity index is 882. The molecule has 0 aromatic heterocycles. The third-order valence-corrected chi connectivity index (χ3v) is 7.19. The molecule has 1 fully saturated rings. The van der Waals surface area contributed by atoms with Gasteiger partial charge in [0.15, 0.2) is 0 Å². The molecule has 1 atom stereocenters. The molecule has 1 N–H and O–H groups in total. The van der Waals surface area contributed by atoms with E-state index in [0.717, 1.165) is 24.0 Å². The number of aryl methyl sites for hydroxylation is 1. The van der Waals surface area contributed by atoms with Crippen molar-refractivity contribution in [3.8, 4) is 5.75 Å². The van der Waals surface area contributed by atoms with Gasteiger partial charge in [-0.05, 0) is 49.4 Å². The summed E-state index contributed by atoms with van der Waals surface area (Å²) in [5.74, 6) is 0.351. The number of rotatable bonds is 6. The van der Waals surface area contributed by atoms with Crippen LogP contribution < -0.4 is 4.74 Å². The van der Waals surface area contributed by atoms with Crippen molar-refractivity contribution in [2.45, 2.75) is 31.1 Å². The minimum absolute atomic E-state index is 0.0428. The maximum absolute atomic E-state index is 13.3. The van der Waals surface area contributed by atoms with Crippen LogP contribution in [0.15, 0.2) is 53.4 Å². The van der Waals surface area contributed by atoms with E-state index in [9.17, 15) is 13.5 Å². The number of methoxy groups -OCH3 is 1. The highest BCUT2D eigenvalue weighted by atomic mass is 32.2. The Kier molecular flexibility index (Phi) is 5.89. The average molecular weight is 390 g/mol. The summed E-state index contributed by atoms with van der Waals surface area (Å²) in [6.07, 6.45) is 2.18. The van der Waals surface area contributed by atoms with E-state index >= 15 is 0 Å². The van der Waals surface area contributed by atoms with E-state index in [1.807, 2.05) is 43.3 Å². The molecule has 146 valence electrons. The normalized spacial score (nSPS) is 21.1. The van der Waals surface area contributed by atoms with E-state index in [2.05, 4.69) is 0 Å². The van der Waals surface area contributed by atoms with Gasteiger partial charge in [0, 0.05) is 18.5 Å². The molecule has 0 spiro atoms. The monoisotopic (exact) mass is 389 g/mol. The minimum Gasteiger partial charge on any atom is -0.495 e. The van der Waals surface area contributed by atoms with Crippen LogP contribution in [0.3, 0.4) is 0 Å². The molecular formula is C21H27NO4S. The first-order valence-corrected chi connectivity index (χ1v) is 10.6. The van der Waals surface area contributed by atoms with Gasteiger partial charge < -0.3 is 9.84 Å². The first-order chi connectivity index (χ1) is 12.9. The van der Waals surface area contributed by atoms with E-state index in [1.165, 1.54) is 11.4 Å². The molecule has 1 aliphatic heterocycles. The van der Waals surface area contributed by atoms with Gasteiger partial charge >= 0.3 is 0 Å². The van der Waals surface area contributed by atoms with Crippen LogP contribution in [-0.4, -0.2) is 44.6 Å². The lowest BCUT2D eigenvalue weighted by atomic mass is 9.76. The summed E-state index contributed by atoms with van der Waals surface area (Å²) < 4.78 is 33.5. The second-order valence-electron chi connectivity index (χ2n) is 7.42. The van der Waals surface area contributed by atoms with Crippen LogP contribution in [0, 0.1) is 12.3 Å². The highest BCUT2D eigenvalue weighted by Gasteiger charge is 2.40. The Morgan fingerprint density at radius 2 is 1.93 bits per heavy atom. The molecule has 1 unspecified atom stereocenters. The fourth-order valence-corrected chi connectivity index (χ4v) is 5.68. The third-order valence-electron chi connectivity index (χ3n) is 5.32. The second kappa shape index (κ2) is 8.00. The fourth-order valence-electron chi connectivity index (χ4n) is 3.85. The van der Waals surface area contributed by atoms with Crippen molar-refractivity contribution >= 4 is 10.0 Å². The number of aliphatic hydroxyl groups excluding tert-OH is 1. The highest BCUT2D eigenvalue weighted by Crippen LogP contribution is 2.37. The van der Waals surface area contributed by atoms with Crippen LogP contribution in [0.4, 0.5) is 0 Å². The third kappa shape index (κ3) is 4.18. The Hall–Kier alpha value is -1.89. The molecule has 27 heavy (non-hydrogen) atoms. The summed E-state index contributed by atoms with van der Waals surface area (Å²) in [7, 11) is -2.22. The van der Waals surface area contributed by atoms with E-state index in [1.54, 1.807) is 12.1 Å². The maximum atomic E-state index is 13.3. The zero-order valence-corrected chi connectivity index (χ0v) is 16.7. The predicted octanol–water partition coefficient (Wildman–Crippen LogP) is 3.01. The molecule has 0 amide bonds. The van der Waals surface area contributed by atoms with Crippen molar-refractivity contribution in [2.24, 2.45) is 5.41 Å². The van der Waals surface area contributed by atoms with Crippen LogP contribution in [0.25, 0.3) is 0 Å². The molecule has 6 heteroatoms. The summed E-state index contributed by atoms with van der Waals surface area (Å²) in [5.41, 5.74) is 1.51. The fraction of sp³-hybridized carbons (Fsp3) is 0.429. The average Bonchev–Trinajstić information content (AvgIpc) is 2.69. The number of hydrogen-bond acceptors (Lipinski definition) is 4. The quantitative estimate of drug-likeness (QED) is 0.825. The molecule has 2 aromatic carbocycles. The van der Waals surface area contributed by atoms with Gasteiger partial charge in [-0.15, -0.1) is 0 Å². The zero-order valence-electron chi connectivity index (χ0n) is 15.9. The first kappa shape index (κ1) is 19.9. The van der Waals surface area contributed by atoms with Gasteiger partial charge in [-0.25, -0.2) is 8.42 Å². The largest absolute Gasteiger partial charge is 0.495 e. The first-order valence-electron chi connectivity index (χ1n) is 9.20. The molecular weight excluding hydrogens is 362 g/mol. The van der Waals surface area contributed by atoms with Crippen LogP contribution in [-0.2, 0) is 16.4 Å². The van der Waals surface area contributed by atoms with Crippen molar-refractivity contribution in [3.63, 3.8) is 0 Å². The number of aliphatic hydroxyl groups is 1. The van der Waals surface area contributed by atoms with Crippen molar-refractivity contribution in [1.82, 2.24) is 4.31 Å². The van der Waals surface area contributed by atoms with Crippen LogP contribution in [0.5, 0.6) is 5.75 Å². The lowest BCUT2D eigenvalue weighted by molar-refractivity contribution is 0.0644. The molecule has 3 rings (SSSR count). The van der Waals surface area contributed by atoms with Gasteiger partial charge in [-0.2, -0.15) is 4.31 Å². The van der Waals surface area contributed by atoms with Gasteiger partial charge in [-0.1, -0.05) is 36.4 Å². The van der Waals surface area contributed by atoms with Crippen molar-refractivity contribution < 1.29 is 18.3 Å². The highest BCUT2D eigenvalue weighted by molar-refractivity contribution is 7.89. The van der Waals surface area contributed by atoms with E-state index in [4.69, 9.17) is 4.74 Å². The van der Waals surface area contributed by atoms with Gasteiger partial charge in [0.05, 0.1) is 13.7 Å². The number of benzene rings is 2. The van der Waals surface area contributed by atoms with Crippen molar-refractivity contribution in [3.05, 3.63) is 59.7 Å². The Morgan fingerprint density at radius 1 is 1.19 bits per heavy atom. The molecule has 1 aliphatic rings. The van der Waals surface area contributed by atoms with Gasteiger partial charge in [0.25, 0.3) is 0 Å². The molecule has 2 aromatic rings. The zero-order chi connectivity index (χ0) is 19.5. The molecule has 0 saturated carbocycles. The van der Waals surface area contributed by atoms with Crippen molar-refractivity contribution in [1.29, 1.82) is 0 Å². The molecule has 0 aliphatic carbocycles. The van der Waals surface area contributed by atoms with Crippen molar-refractivity contribution in [2.75, 3.05) is 26.8 Å². The number of sulfonamides is 1. The molecule has 1 saturated heterocycles. The smallest absolute Gasteiger partial charge is 0.246 e. The van der Waals surface area contributed by atoms with E-state index in [-0.39, 0.29) is 11.5 Å². The predicted molar refractivity (Wildman–Crippen MR) is 105 cm³/mol. The van der Waals surface area contributed by atoms with E-state index in [0.29, 0.717) is 25.3 Å². The number of hydrogen-bond donors (Lipinski definition) is 1. The minimum atomic E-state index is -3.70. The number of piperidine rings is 1. The Labute approximate surface area is 161 Å². The summed E-state index contributed by atoms with van der Waals surface area (Å²) >= 11 is 0. The lowest BCUT2D eigenvalue weighted by Crippen LogP contribution is -2.48. The topological polar surface area (TPSA) is 66.8 Å². The van der Waals surface area contributed by atoms with Crippen LogP contribution >= 0.6 is 0 Å². The maximum Gasteiger partial charge on any atom is 0.246 e. The standard InChI is InChI=1S/C21H27NO4S/c1-17-9-10-19(26-2)20(13-17)27(24,25)22-12-6-11-21(15-22,16-23)14-18-7-4-3-5-8-18/h3-5,7-10,13,23H,6,11-12,14-16H2,1-2H3. The lowest BCUT2D eigenvalue weighted by Gasteiger charge is -2.41. The molecule has 0 bridgehead atoms. The van der Waals surface area contributed by atoms with E-state index < -0.39 is 15.4 Å². The second-order valence-corrected chi connectivity index (χ2v) is 9.32. The number of nitrogens with zero attached hydrogens (tertiary/aromatic N) is 1. The Balaban J connectivity index is 1.91. The summed E-state index contributed by atoms with van der Waals surface area (Å²) in [4.78, 5) is 0.193. The van der Waals surface area contributed by atoms with Gasteiger partial charge in [0.2, 0.25) is 10.0 Å². The summed E-state index contributed by atoms with van der Waals surface area (Å²) in [6, 6.07) is 15.1. The van der Waals surface area contributed by atoms with Crippen LogP contribution in [0.2, 0.25) is 0 Å². The molecule has 5 nitrogen and oxygen atoms in total. The van der Waals surface area contributed by atoms with Gasteiger partial charge in [-0.3, -0.25) is 0 Å². The summed E-state index contributed by atoms with van der Waals surface area (Å²) in [5, 5.41) is 10.2. The molecule has 0 radical (unpaired) electrons. The number of ether oxygens (including phenoxy) is 1. The SMILES string of the molecule is COc1ccc(C)cc1S(=O)(=O)N1CCCC(CO)(Cc2ccccc2)C1. The van der Waals surface area contributed by atoms with Gasteiger partial charge in [0.1, 0.15) is 10.6 Å². The summed E-state index contributed by atoms with van der Waals surface area (Å²) in [6.45, 7) is 2.58. The molecule has 1 heterocycles. The van der Waals surface area contributed by atoms with Crippen LogP contribution in [0.1, 0.15) is 24.0 Å². The Morgan fingerprint density at radius 3 is 2.59 bits per heavy atom.